The van der Waals surface area contributed by atoms with Crippen molar-refractivity contribution >= 4 is 22.4 Å². The van der Waals surface area contributed by atoms with Crippen LogP contribution in [0.25, 0.3) is 11.1 Å². The first kappa shape index (κ1) is 12.8. The molecule has 0 saturated heterocycles. The molecule has 2 aromatic rings. The number of anilines is 2. The van der Waals surface area contributed by atoms with Gasteiger partial charge in [0.2, 0.25) is 0 Å². The molecular weight excluding hydrogens is 246 g/mol. The predicted octanol–water partition coefficient (Wildman–Crippen LogP) is 1.76. The van der Waals surface area contributed by atoms with Crippen LogP contribution in [0.1, 0.15) is 0 Å². The molecule has 3 N–H and O–H groups in total. The molecule has 6 heteroatoms. The molecule has 96 valence electrons. The topological polar surface area (TPSA) is 67.1 Å². The number of pyridine rings is 1. The summed E-state index contributed by atoms with van der Waals surface area (Å²) in [6.07, 6.45) is 3.52. The summed E-state index contributed by atoms with van der Waals surface area (Å²) in [6, 6.07) is 3.88. The van der Waals surface area contributed by atoms with Gasteiger partial charge in [-0.3, -0.25) is 4.98 Å². The zero-order chi connectivity index (χ0) is 13.0. The van der Waals surface area contributed by atoms with Crippen LogP contribution in [0.3, 0.4) is 0 Å². The van der Waals surface area contributed by atoms with Crippen molar-refractivity contribution < 1.29 is 0 Å². The average Bonchev–Trinajstić information content (AvgIpc) is 2.71. The van der Waals surface area contributed by atoms with Crippen LogP contribution < -0.4 is 11.1 Å². The minimum absolute atomic E-state index is 0.568. The highest BCUT2D eigenvalue weighted by molar-refractivity contribution is 7.11. The molecule has 5 nitrogen and oxygen atoms in total. The predicted molar refractivity (Wildman–Crippen MR) is 76.8 cm³/mol. The van der Waals surface area contributed by atoms with Gasteiger partial charge in [-0.2, -0.15) is 4.37 Å². The third-order valence-electron chi connectivity index (χ3n) is 2.53. The zero-order valence-corrected chi connectivity index (χ0v) is 11.4. The SMILES string of the molecule is CN(C)CCNc1snc(N)c1-c1ccncc1. The number of nitrogens with two attached hydrogens (primary N) is 1. The van der Waals surface area contributed by atoms with Crippen LogP contribution >= 0.6 is 11.5 Å². The molecule has 0 amide bonds. The Labute approximate surface area is 111 Å². The first-order valence-electron chi connectivity index (χ1n) is 5.72. The molecule has 2 rings (SSSR count). The molecule has 0 aliphatic heterocycles. The van der Waals surface area contributed by atoms with Crippen LogP contribution in [-0.4, -0.2) is 41.4 Å². The van der Waals surface area contributed by atoms with E-state index in [1.54, 1.807) is 12.4 Å². The van der Waals surface area contributed by atoms with Crippen molar-refractivity contribution in [2.24, 2.45) is 0 Å². The van der Waals surface area contributed by atoms with E-state index in [1.807, 2.05) is 26.2 Å². The largest absolute Gasteiger partial charge is 0.382 e. The van der Waals surface area contributed by atoms with Crippen molar-refractivity contribution in [3.8, 4) is 11.1 Å². The minimum Gasteiger partial charge on any atom is -0.382 e. The fraction of sp³-hybridized carbons (Fsp3) is 0.333. The molecule has 0 aromatic carbocycles. The van der Waals surface area contributed by atoms with Gasteiger partial charge in [0.05, 0.1) is 5.56 Å². The molecular formula is C12H17N5S. The monoisotopic (exact) mass is 263 g/mol. The van der Waals surface area contributed by atoms with Crippen LogP contribution in [0, 0.1) is 0 Å². The van der Waals surface area contributed by atoms with Crippen molar-refractivity contribution in [3.05, 3.63) is 24.5 Å². The number of nitrogen functional groups attached to an aromatic ring is 1. The lowest BCUT2D eigenvalue weighted by Crippen LogP contribution is -2.20. The van der Waals surface area contributed by atoms with Gasteiger partial charge in [0.15, 0.2) is 0 Å². The summed E-state index contributed by atoms with van der Waals surface area (Å²) < 4.78 is 4.21. The molecule has 0 saturated carbocycles. The van der Waals surface area contributed by atoms with Gasteiger partial charge in [0, 0.05) is 25.5 Å². The minimum atomic E-state index is 0.568. The maximum Gasteiger partial charge on any atom is 0.147 e. The number of nitrogens with zero attached hydrogens (tertiary/aromatic N) is 3. The Morgan fingerprint density at radius 3 is 2.72 bits per heavy atom. The number of hydrogen-bond donors (Lipinski definition) is 2. The summed E-state index contributed by atoms with van der Waals surface area (Å²) in [6.45, 7) is 1.83. The first-order valence-corrected chi connectivity index (χ1v) is 6.50. The highest BCUT2D eigenvalue weighted by Gasteiger charge is 2.12. The molecule has 0 spiro atoms. The Morgan fingerprint density at radius 1 is 1.33 bits per heavy atom. The normalized spacial score (nSPS) is 10.8. The standard InChI is InChI=1S/C12H17N5S/c1-17(2)8-7-15-12-10(11(13)16-18-12)9-3-5-14-6-4-9/h3-6,15H,7-8H2,1-2H3,(H2,13,16). The van der Waals surface area contributed by atoms with Crippen molar-refractivity contribution in [1.29, 1.82) is 0 Å². The molecule has 0 aliphatic carbocycles. The van der Waals surface area contributed by atoms with Gasteiger partial charge < -0.3 is 16.0 Å². The number of rotatable bonds is 5. The molecule has 2 aromatic heterocycles. The first-order chi connectivity index (χ1) is 8.68. The molecule has 0 atom stereocenters. The summed E-state index contributed by atoms with van der Waals surface area (Å²) in [4.78, 5) is 6.14. The van der Waals surface area contributed by atoms with E-state index in [9.17, 15) is 0 Å². The molecule has 2 heterocycles. The fourth-order valence-electron chi connectivity index (χ4n) is 1.61. The van der Waals surface area contributed by atoms with Crippen LogP contribution in [0.15, 0.2) is 24.5 Å². The lowest BCUT2D eigenvalue weighted by molar-refractivity contribution is 0.425. The van der Waals surface area contributed by atoms with Gasteiger partial charge in [0.25, 0.3) is 0 Å². The zero-order valence-electron chi connectivity index (χ0n) is 10.6. The average molecular weight is 263 g/mol. The Hall–Kier alpha value is -1.66. The summed E-state index contributed by atoms with van der Waals surface area (Å²) in [5.41, 5.74) is 7.95. The lowest BCUT2D eigenvalue weighted by Gasteiger charge is -2.11. The fourth-order valence-corrected chi connectivity index (χ4v) is 2.37. The second-order valence-corrected chi connectivity index (χ2v) is 5.01. The summed E-state index contributed by atoms with van der Waals surface area (Å²) in [7, 11) is 4.10. The number of aromatic nitrogens is 2. The van der Waals surface area contributed by atoms with Gasteiger partial charge in [-0.05, 0) is 43.3 Å². The second kappa shape index (κ2) is 5.79. The highest BCUT2D eigenvalue weighted by Crippen LogP contribution is 2.36. The molecule has 0 radical (unpaired) electrons. The van der Waals surface area contributed by atoms with Gasteiger partial charge >= 0.3 is 0 Å². The summed E-state index contributed by atoms with van der Waals surface area (Å²) in [5, 5.41) is 4.39. The maximum absolute atomic E-state index is 5.93. The third-order valence-corrected chi connectivity index (χ3v) is 3.35. The lowest BCUT2D eigenvalue weighted by atomic mass is 10.1. The van der Waals surface area contributed by atoms with Crippen molar-refractivity contribution in [2.75, 3.05) is 38.2 Å². The van der Waals surface area contributed by atoms with E-state index in [-0.39, 0.29) is 0 Å². The van der Waals surface area contributed by atoms with Crippen molar-refractivity contribution in [3.63, 3.8) is 0 Å². The van der Waals surface area contributed by atoms with Gasteiger partial charge in [-0.15, -0.1) is 0 Å². The second-order valence-electron chi connectivity index (χ2n) is 4.24. The van der Waals surface area contributed by atoms with Crippen LogP contribution in [0.2, 0.25) is 0 Å². The maximum atomic E-state index is 5.93. The summed E-state index contributed by atoms with van der Waals surface area (Å²) in [5.74, 6) is 0.568. The third kappa shape index (κ3) is 2.96. The van der Waals surface area contributed by atoms with Crippen molar-refractivity contribution in [2.45, 2.75) is 0 Å². The van der Waals surface area contributed by atoms with Gasteiger partial charge in [0.1, 0.15) is 10.8 Å². The molecule has 18 heavy (non-hydrogen) atoms. The molecule has 0 unspecified atom stereocenters. The molecule has 0 aliphatic rings. The van der Waals surface area contributed by atoms with E-state index in [2.05, 4.69) is 19.6 Å². The van der Waals surface area contributed by atoms with Gasteiger partial charge in [-0.1, -0.05) is 0 Å². The van der Waals surface area contributed by atoms with E-state index >= 15 is 0 Å². The number of nitrogens with one attached hydrogen (secondary N) is 1. The van der Waals surface area contributed by atoms with E-state index in [0.29, 0.717) is 5.82 Å². The summed E-state index contributed by atoms with van der Waals surface area (Å²) >= 11 is 1.40. The van der Waals surface area contributed by atoms with Crippen LogP contribution in [-0.2, 0) is 0 Å². The van der Waals surface area contributed by atoms with Crippen molar-refractivity contribution in [1.82, 2.24) is 14.3 Å². The Morgan fingerprint density at radius 2 is 2.06 bits per heavy atom. The van der Waals surface area contributed by atoms with E-state index in [0.717, 1.165) is 29.2 Å². The van der Waals surface area contributed by atoms with E-state index in [1.165, 1.54) is 11.5 Å². The Bertz CT molecular complexity index is 494. The van der Waals surface area contributed by atoms with Gasteiger partial charge in [-0.25, -0.2) is 0 Å². The van der Waals surface area contributed by atoms with Crippen LogP contribution in [0.5, 0.6) is 0 Å². The Balaban J connectivity index is 2.17. The van der Waals surface area contributed by atoms with E-state index in [4.69, 9.17) is 5.73 Å². The quantitative estimate of drug-likeness (QED) is 0.860. The Kier molecular flexibility index (Phi) is 4.11. The number of likely N-dealkylation sites (N-methyl/N-ethyl adjacent to an activating group) is 1. The highest BCUT2D eigenvalue weighted by atomic mass is 32.1. The molecule has 0 bridgehead atoms. The van der Waals surface area contributed by atoms with Crippen LogP contribution in [0.4, 0.5) is 10.8 Å². The molecule has 0 fully saturated rings. The smallest absolute Gasteiger partial charge is 0.147 e. The number of hydrogen-bond acceptors (Lipinski definition) is 6. The van der Waals surface area contributed by atoms with E-state index < -0.39 is 0 Å².